The van der Waals surface area contributed by atoms with Gasteiger partial charge in [-0.05, 0) is 31.5 Å². The highest BCUT2D eigenvalue weighted by molar-refractivity contribution is 7.19. The number of thiazole rings is 2. The number of nitrogens with one attached hydrogen (secondary N) is 1. The van der Waals surface area contributed by atoms with E-state index in [2.05, 4.69) is 15.3 Å². The zero-order chi connectivity index (χ0) is 20.9. The summed E-state index contributed by atoms with van der Waals surface area (Å²) >= 11 is 2.98. The number of rotatable bonds is 7. The van der Waals surface area contributed by atoms with Crippen molar-refractivity contribution in [3.8, 4) is 16.2 Å². The summed E-state index contributed by atoms with van der Waals surface area (Å²) in [4.78, 5) is 22.5. The van der Waals surface area contributed by atoms with Gasteiger partial charge in [0.25, 0.3) is 0 Å². The third kappa shape index (κ3) is 5.11. The fraction of sp³-hybridized carbons (Fsp3) is 0.174. The van der Waals surface area contributed by atoms with Crippen LogP contribution in [0.5, 0.6) is 5.75 Å². The molecule has 4 aromatic rings. The van der Waals surface area contributed by atoms with Crippen LogP contribution in [0.4, 0.5) is 5.13 Å². The van der Waals surface area contributed by atoms with Gasteiger partial charge in [-0.15, -0.1) is 11.3 Å². The number of amides is 1. The van der Waals surface area contributed by atoms with Gasteiger partial charge in [-0.25, -0.2) is 9.97 Å². The third-order valence-corrected chi connectivity index (χ3v) is 6.40. The van der Waals surface area contributed by atoms with Gasteiger partial charge in [-0.3, -0.25) is 4.79 Å². The molecule has 0 saturated heterocycles. The van der Waals surface area contributed by atoms with E-state index in [1.807, 2.05) is 73.8 Å². The Labute approximate surface area is 183 Å². The van der Waals surface area contributed by atoms with Crippen molar-refractivity contribution in [3.05, 3.63) is 81.9 Å². The van der Waals surface area contributed by atoms with Gasteiger partial charge in [0, 0.05) is 5.38 Å². The molecule has 0 radical (unpaired) electrons. The zero-order valence-electron chi connectivity index (χ0n) is 16.7. The largest absolute Gasteiger partial charge is 0.486 e. The van der Waals surface area contributed by atoms with Crippen LogP contribution in [0.25, 0.3) is 10.4 Å². The number of hydrogen-bond donors (Lipinski definition) is 1. The number of benzene rings is 2. The van der Waals surface area contributed by atoms with E-state index in [0.29, 0.717) is 11.7 Å². The van der Waals surface area contributed by atoms with Crippen LogP contribution in [0.3, 0.4) is 0 Å². The van der Waals surface area contributed by atoms with Crippen molar-refractivity contribution in [1.82, 2.24) is 9.97 Å². The van der Waals surface area contributed by atoms with Crippen molar-refractivity contribution in [3.63, 3.8) is 0 Å². The lowest BCUT2D eigenvalue weighted by molar-refractivity contribution is -0.115. The number of carbonyl (C=O) groups is 1. The summed E-state index contributed by atoms with van der Waals surface area (Å²) in [6.07, 6.45) is 0.209. The molecule has 0 aliphatic rings. The molecule has 0 spiro atoms. The second-order valence-electron chi connectivity index (χ2n) is 6.86. The van der Waals surface area contributed by atoms with Gasteiger partial charge in [-0.1, -0.05) is 59.4 Å². The minimum absolute atomic E-state index is 0.125. The first-order valence-electron chi connectivity index (χ1n) is 9.52. The van der Waals surface area contributed by atoms with Crippen LogP contribution in [0.1, 0.15) is 22.0 Å². The van der Waals surface area contributed by atoms with Crippen LogP contribution in [0.2, 0.25) is 0 Å². The molecule has 2 heterocycles. The van der Waals surface area contributed by atoms with E-state index >= 15 is 0 Å². The van der Waals surface area contributed by atoms with Crippen molar-refractivity contribution in [2.45, 2.75) is 26.9 Å². The average molecular weight is 436 g/mol. The Morgan fingerprint density at radius 2 is 1.80 bits per heavy atom. The zero-order valence-corrected chi connectivity index (χ0v) is 18.3. The molecule has 1 N–H and O–H groups in total. The quantitative estimate of drug-likeness (QED) is 0.408. The third-order valence-electron chi connectivity index (χ3n) is 4.40. The summed E-state index contributed by atoms with van der Waals surface area (Å²) in [6, 6.07) is 18.0. The molecule has 4 rings (SSSR count). The molecule has 5 nitrogen and oxygen atoms in total. The average Bonchev–Trinajstić information content (AvgIpc) is 3.34. The van der Waals surface area contributed by atoms with E-state index < -0.39 is 0 Å². The molecule has 2 aromatic carbocycles. The molecule has 152 valence electrons. The first-order chi connectivity index (χ1) is 14.6. The smallest absolute Gasteiger partial charge is 0.232 e. The van der Waals surface area contributed by atoms with Gasteiger partial charge in [0.2, 0.25) is 5.91 Å². The van der Waals surface area contributed by atoms with Crippen molar-refractivity contribution in [2.24, 2.45) is 0 Å². The Morgan fingerprint density at radius 1 is 1.03 bits per heavy atom. The predicted molar refractivity (Wildman–Crippen MR) is 122 cm³/mol. The lowest BCUT2D eigenvalue weighted by Crippen LogP contribution is -2.14. The molecule has 30 heavy (non-hydrogen) atoms. The second-order valence-corrected chi connectivity index (χ2v) is 8.80. The van der Waals surface area contributed by atoms with Gasteiger partial charge >= 0.3 is 0 Å². The summed E-state index contributed by atoms with van der Waals surface area (Å²) in [6.45, 7) is 4.38. The van der Waals surface area contributed by atoms with Gasteiger partial charge in [0.1, 0.15) is 17.4 Å². The number of aromatic nitrogens is 2. The summed E-state index contributed by atoms with van der Waals surface area (Å²) in [5, 5.41) is 6.24. The lowest BCUT2D eigenvalue weighted by atomic mass is 10.2. The molecular formula is C23H21N3O2S2. The fourth-order valence-electron chi connectivity index (χ4n) is 2.91. The predicted octanol–water partition coefficient (Wildman–Crippen LogP) is 5.64. The first kappa shape index (κ1) is 20.3. The van der Waals surface area contributed by atoms with Crippen LogP contribution in [0, 0.1) is 13.8 Å². The summed E-state index contributed by atoms with van der Waals surface area (Å²) in [5.74, 6) is 0.683. The molecule has 7 heteroatoms. The number of ether oxygens (including phenoxy) is 1. The highest BCUT2D eigenvalue weighted by atomic mass is 32.1. The number of hydrogen-bond acceptors (Lipinski definition) is 6. The molecular weight excluding hydrogens is 414 g/mol. The Morgan fingerprint density at radius 3 is 2.57 bits per heavy atom. The molecule has 1 amide bonds. The molecule has 0 atom stereocenters. The van der Waals surface area contributed by atoms with Gasteiger partial charge in [0.05, 0.1) is 22.7 Å². The summed E-state index contributed by atoms with van der Waals surface area (Å²) < 4.78 is 5.76. The van der Waals surface area contributed by atoms with Crippen molar-refractivity contribution in [2.75, 3.05) is 5.32 Å². The molecule has 0 aliphatic carbocycles. The van der Waals surface area contributed by atoms with Gasteiger partial charge < -0.3 is 10.1 Å². The maximum atomic E-state index is 12.4. The summed E-state index contributed by atoms with van der Waals surface area (Å²) in [7, 11) is 0. The number of anilines is 1. The molecule has 0 fully saturated rings. The molecule has 0 unspecified atom stereocenters. The van der Waals surface area contributed by atoms with E-state index in [-0.39, 0.29) is 12.3 Å². The second kappa shape index (κ2) is 9.19. The first-order valence-corrected chi connectivity index (χ1v) is 11.2. The maximum absolute atomic E-state index is 12.4. The van der Waals surface area contributed by atoms with E-state index in [0.717, 1.165) is 32.6 Å². The van der Waals surface area contributed by atoms with Gasteiger partial charge in [0.15, 0.2) is 5.13 Å². The van der Waals surface area contributed by atoms with Crippen LogP contribution in [-0.2, 0) is 17.8 Å². The standard InChI is InChI=1S/C23H21N3O2S2/c1-15-8-10-19(11-9-15)28-13-21-25-18(14-29-21)12-20(27)26-23-24-16(2)22(30-23)17-6-4-3-5-7-17/h3-11,14H,12-13H2,1-2H3,(H,24,26,27). The Hall–Kier alpha value is -3.03. The Kier molecular flexibility index (Phi) is 6.21. The number of carbonyl (C=O) groups excluding carboxylic acids is 1. The van der Waals surface area contributed by atoms with Gasteiger partial charge in [-0.2, -0.15) is 0 Å². The normalized spacial score (nSPS) is 10.7. The molecule has 0 bridgehead atoms. The minimum Gasteiger partial charge on any atom is -0.486 e. The van der Waals surface area contributed by atoms with Crippen LogP contribution in [0.15, 0.2) is 60.0 Å². The monoisotopic (exact) mass is 435 g/mol. The fourth-order valence-corrected chi connectivity index (χ4v) is 4.60. The Bertz CT molecular complexity index is 1130. The van der Waals surface area contributed by atoms with Crippen molar-refractivity contribution < 1.29 is 9.53 Å². The van der Waals surface area contributed by atoms with Crippen molar-refractivity contribution in [1.29, 1.82) is 0 Å². The van der Waals surface area contributed by atoms with Crippen LogP contribution >= 0.6 is 22.7 Å². The molecule has 2 aromatic heterocycles. The Balaban J connectivity index is 1.33. The number of nitrogens with zero attached hydrogens (tertiary/aromatic N) is 2. The minimum atomic E-state index is -0.125. The van der Waals surface area contributed by atoms with Crippen molar-refractivity contribution >= 4 is 33.7 Å². The van der Waals surface area contributed by atoms with E-state index in [1.54, 1.807) is 0 Å². The topological polar surface area (TPSA) is 64.1 Å². The SMILES string of the molecule is Cc1ccc(OCc2nc(CC(=O)Nc3nc(C)c(-c4ccccc4)s3)cs2)cc1. The van der Waals surface area contributed by atoms with Crippen LogP contribution in [-0.4, -0.2) is 15.9 Å². The molecule has 0 saturated carbocycles. The lowest BCUT2D eigenvalue weighted by Gasteiger charge is -2.03. The highest BCUT2D eigenvalue weighted by Crippen LogP contribution is 2.32. The molecule has 0 aliphatic heterocycles. The highest BCUT2D eigenvalue weighted by Gasteiger charge is 2.13. The van der Waals surface area contributed by atoms with Crippen LogP contribution < -0.4 is 10.1 Å². The van der Waals surface area contributed by atoms with E-state index in [4.69, 9.17) is 4.74 Å². The number of aryl methyl sites for hydroxylation is 2. The summed E-state index contributed by atoms with van der Waals surface area (Å²) in [5.41, 5.74) is 3.93. The van der Waals surface area contributed by atoms with E-state index in [9.17, 15) is 4.79 Å². The maximum Gasteiger partial charge on any atom is 0.232 e. The van der Waals surface area contributed by atoms with E-state index in [1.165, 1.54) is 28.2 Å².